The minimum Gasteiger partial charge on any atom is -0.489 e. The molecule has 0 spiro atoms. The molecular weight excluding hydrogens is 266 g/mol. The lowest BCUT2D eigenvalue weighted by Gasteiger charge is -2.08. The number of benzene rings is 1. The van der Waals surface area contributed by atoms with Gasteiger partial charge < -0.3 is 9.84 Å². The van der Waals surface area contributed by atoms with Gasteiger partial charge >= 0.3 is 5.97 Å². The molecule has 0 atom stereocenters. The van der Waals surface area contributed by atoms with E-state index in [1.807, 2.05) is 13.0 Å². The average Bonchev–Trinajstić information content (AvgIpc) is 2.40. The van der Waals surface area contributed by atoms with E-state index in [1.54, 1.807) is 18.2 Å². The van der Waals surface area contributed by atoms with E-state index >= 15 is 0 Å². The highest BCUT2D eigenvalue weighted by atomic mass is 35.5. The predicted octanol–water partition coefficient (Wildman–Crippen LogP) is 3.32. The first kappa shape index (κ1) is 13.4. The minimum atomic E-state index is -1.05. The number of rotatable bonds is 4. The summed E-state index contributed by atoms with van der Waals surface area (Å²) in [5, 5.41) is 9.53. The van der Waals surface area contributed by atoms with E-state index in [2.05, 4.69) is 4.98 Å². The molecule has 98 valence electrons. The van der Waals surface area contributed by atoms with Crippen molar-refractivity contribution in [3.8, 4) is 5.75 Å². The first-order valence-corrected chi connectivity index (χ1v) is 6.01. The average molecular weight is 278 g/mol. The third-order valence-electron chi connectivity index (χ3n) is 2.58. The maximum Gasteiger partial charge on any atom is 0.354 e. The third kappa shape index (κ3) is 3.45. The van der Waals surface area contributed by atoms with Crippen molar-refractivity contribution in [2.45, 2.75) is 13.5 Å². The first-order chi connectivity index (χ1) is 9.06. The molecule has 0 unspecified atom stereocenters. The number of halogens is 1. The Hall–Kier alpha value is -2.07. The number of aromatic carboxylic acids is 1. The monoisotopic (exact) mass is 277 g/mol. The van der Waals surface area contributed by atoms with E-state index in [1.165, 1.54) is 12.3 Å². The quantitative estimate of drug-likeness (QED) is 0.931. The molecule has 0 amide bonds. The van der Waals surface area contributed by atoms with Gasteiger partial charge in [-0.3, -0.25) is 0 Å². The Balaban J connectivity index is 2.07. The summed E-state index contributed by atoms with van der Waals surface area (Å²) >= 11 is 5.92. The van der Waals surface area contributed by atoms with Crippen molar-refractivity contribution in [1.82, 2.24) is 4.98 Å². The van der Waals surface area contributed by atoms with Gasteiger partial charge in [0.15, 0.2) is 0 Å². The molecule has 0 aliphatic rings. The second kappa shape index (κ2) is 5.71. The molecule has 2 rings (SSSR count). The zero-order valence-corrected chi connectivity index (χ0v) is 11.0. The maximum absolute atomic E-state index is 10.8. The Bertz CT molecular complexity index is 613. The van der Waals surface area contributed by atoms with Crippen LogP contribution in [0.5, 0.6) is 5.75 Å². The van der Waals surface area contributed by atoms with Gasteiger partial charge in [0, 0.05) is 11.2 Å². The lowest BCUT2D eigenvalue weighted by Crippen LogP contribution is -2.03. The van der Waals surface area contributed by atoms with Crippen LogP contribution in [0.25, 0.3) is 0 Å². The lowest BCUT2D eigenvalue weighted by molar-refractivity contribution is 0.0690. The van der Waals surface area contributed by atoms with E-state index in [-0.39, 0.29) is 12.3 Å². The summed E-state index contributed by atoms with van der Waals surface area (Å²) in [7, 11) is 0. The van der Waals surface area contributed by atoms with Crippen LogP contribution in [0.3, 0.4) is 0 Å². The largest absolute Gasteiger partial charge is 0.489 e. The molecule has 5 heteroatoms. The van der Waals surface area contributed by atoms with Crippen LogP contribution in [0.2, 0.25) is 5.02 Å². The summed E-state index contributed by atoms with van der Waals surface area (Å²) < 4.78 is 5.58. The molecule has 1 aromatic carbocycles. The molecule has 1 heterocycles. The summed E-state index contributed by atoms with van der Waals surface area (Å²) in [5.74, 6) is -0.361. The molecule has 4 nitrogen and oxygen atoms in total. The van der Waals surface area contributed by atoms with Crippen LogP contribution in [0, 0.1) is 6.92 Å². The van der Waals surface area contributed by atoms with Gasteiger partial charge in [-0.2, -0.15) is 0 Å². The SMILES string of the molecule is Cc1cc(OCc2ccnc(C(=O)O)c2)ccc1Cl. The highest BCUT2D eigenvalue weighted by Crippen LogP contribution is 2.21. The van der Waals surface area contributed by atoms with Gasteiger partial charge in [0.25, 0.3) is 0 Å². The van der Waals surface area contributed by atoms with Crippen molar-refractivity contribution in [2.24, 2.45) is 0 Å². The first-order valence-electron chi connectivity index (χ1n) is 5.63. The maximum atomic E-state index is 10.8. The van der Waals surface area contributed by atoms with Crippen molar-refractivity contribution >= 4 is 17.6 Å². The molecule has 0 bridgehead atoms. The fourth-order valence-corrected chi connectivity index (χ4v) is 1.67. The van der Waals surface area contributed by atoms with Gasteiger partial charge in [-0.15, -0.1) is 0 Å². The van der Waals surface area contributed by atoms with Crippen LogP contribution >= 0.6 is 11.6 Å². The molecule has 0 saturated heterocycles. The highest BCUT2D eigenvalue weighted by molar-refractivity contribution is 6.31. The number of carboxylic acids is 1. The Morgan fingerprint density at radius 1 is 1.37 bits per heavy atom. The van der Waals surface area contributed by atoms with Crippen molar-refractivity contribution in [3.05, 3.63) is 58.4 Å². The van der Waals surface area contributed by atoms with Crippen molar-refractivity contribution in [3.63, 3.8) is 0 Å². The van der Waals surface area contributed by atoms with Gasteiger partial charge in [-0.25, -0.2) is 9.78 Å². The second-order valence-corrected chi connectivity index (χ2v) is 4.46. The van der Waals surface area contributed by atoms with E-state index in [9.17, 15) is 4.79 Å². The molecule has 0 aliphatic heterocycles. The molecule has 1 N–H and O–H groups in total. The molecular formula is C14H12ClNO3. The van der Waals surface area contributed by atoms with Crippen LogP contribution in [0.4, 0.5) is 0 Å². The number of hydrogen-bond donors (Lipinski definition) is 1. The normalized spacial score (nSPS) is 10.2. The smallest absolute Gasteiger partial charge is 0.354 e. The molecule has 0 aliphatic carbocycles. The zero-order valence-electron chi connectivity index (χ0n) is 10.3. The molecule has 0 saturated carbocycles. The predicted molar refractivity (Wildman–Crippen MR) is 71.7 cm³/mol. The van der Waals surface area contributed by atoms with E-state index in [0.29, 0.717) is 10.8 Å². The van der Waals surface area contributed by atoms with Crippen LogP contribution in [-0.4, -0.2) is 16.1 Å². The van der Waals surface area contributed by atoms with Gasteiger partial charge in [-0.1, -0.05) is 11.6 Å². The number of nitrogens with zero attached hydrogens (tertiary/aromatic N) is 1. The van der Waals surface area contributed by atoms with Gasteiger partial charge in [0.05, 0.1) is 0 Å². The molecule has 19 heavy (non-hydrogen) atoms. The molecule has 2 aromatic rings. The zero-order chi connectivity index (χ0) is 13.8. The second-order valence-electron chi connectivity index (χ2n) is 4.05. The molecule has 1 aromatic heterocycles. The topological polar surface area (TPSA) is 59.4 Å². The summed E-state index contributed by atoms with van der Waals surface area (Å²) in [6.07, 6.45) is 1.45. The van der Waals surface area contributed by atoms with Crippen molar-refractivity contribution in [2.75, 3.05) is 0 Å². The van der Waals surface area contributed by atoms with Crippen LogP contribution in [-0.2, 0) is 6.61 Å². The third-order valence-corrected chi connectivity index (χ3v) is 3.00. The lowest BCUT2D eigenvalue weighted by atomic mass is 10.2. The Kier molecular flexibility index (Phi) is 4.02. The van der Waals surface area contributed by atoms with Gasteiger partial charge in [-0.05, 0) is 48.4 Å². The summed E-state index contributed by atoms with van der Waals surface area (Å²) in [6, 6.07) is 8.58. The number of aromatic nitrogens is 1. The summed E-state index contributed by atoms with van der Waals surface area (Å²) in [6.45, 7) is 2.17. The van der Waals surface area contributed by atoms with Crippen molar-refractivity contribution < 1.29 is 14.6 Å². The van der Waals surface area contributed by atoms with Crippen LogP contribution in [0.1, 0.15) is 21.6 Å². The Morgan fingerprint density at radius 3 is 2.84 bits per heavy atom. The number of hydrogen-bond acceptors (Lipinski definition) is 3. The fraction of sp³-hybridized carbons (Fsp3) is 0.143. The summed E-state index contributed by atoms with van der Waals surface area (Å²) in [4.78, 5) is 14.5. The number of pyridine rings is 1. The van der Waals surface area contributed by atoms with Gasteiger partial charge in [0.2, 0.25) is 0 Å². The van der Waals surface area contributed by atoms with Crippen molar-refractivity contribution in [1.29, 1.82) is 0 Å². The number of carboxylic acid groups (broad SMARTS) is 1. The van der Waals surface area contributed by atoms with E-state index < -0.39 is 5.97 Å². The fourth-order valence-electron chi connectivity index (χ4n) is 1.55. The van der Waals surface area contributed by atoms with Crippen LogP contribution in [0.15, 0.2) is 36.5 Å². The van der Waals surface area contributed by atoms with Gasteiger partial charge in [0.1, 0.15) is 18.1 Å². The highest BCUT2D eigenvalue weighted by Gasteiger charge is 2.05. The number of ether oxygens (including phenoxy) is 1. The summed E-state index contributed by atoms with van der Waals surface area (Å²) in [5.41, 5.74) is 1.69. The standard InChI is InChI=1S/C14H12ClNO3/c1-9-6-11(2-3-12(9)15)19-8-10-4-5-16-13(7-10)14(17)18/h2-7H,8H2,1H3,(H,17,18). The number of aryl methyl sites for hydroxylation is 1. The minimum absolute atomic E-state index is 0.00777. The molecule has 0 fully saturated rings. The Morgan fingerprint density at radius 2 is 2.16 bits per heavy atom. The van der Waals surface area contributed by atoms with E-state index in [0.717, 1.165) is 11.1 Å². The Labute approximate surface area is 115 Å². The number of carbonyl (C=O) groups is 1. The van der Waals surface area contributed by atoms with E-state index in [4.69, 9.17) is 21.4 Å². The molecule has 0 radical (unpaired) electrons. The van der Waals surface area contributed by atoms with Crippen LogP contribution < -0.4 is 4.74 Å².